The number of halogens is 1. The fourth-order valence-corrected chi connectivity index (χ4v) is 5.50. The lowest BCUT2D eigenvalue weighted by molar-refractivity contribution is -0.895. The molecule has 14 nitrogen and oxygen atoms in total. The molecule has 1 fully saturated rings. The van der Waals surface area contributed by atoms with Crippen molar-refractivity contribution in [2.45, 2.75) is 18.3 Å². The molecule has 1 aromatic rings. The normalized spacial score (nSPS) is 21.6. The third-order valence-electron chi connectivity index (χ3n) is 5.48. The van der Waals surface area contributed by atoms with Gasteiger partial charge in [0.15, 0.2) is 11.7 Å². The second-order valence-corrected chi connectivity index (χ2v) is 9.86. The Bertz CT molecular complexity index is 1110. The van der Waals surface area contributed by atoms with E-state index in [0.717, 1.165) is 16.4 Å². The summed E-state index contributed by atoms with van der Waals surface area (Å²) in [6.07, 6.45) is 0. The largest absolute Gasteiger partial charge is 0.477 e. The molecule has 3 rings (SSSR count). The lowest BCUT2D eigenvalue weighted by Gasteiger charge is -2.50. The van der Waals surface area contributed by atoms with Crippen molar-refractivity contribution >= 4 is 57.8 Å². The van der Waals surface area contributed by atoms with Crippen LogP contribution in [0.1, 0.15) is 12.7 Å². The molecular weight excluding hydrogens is 507 g/mol. The molecule has 35 heavy (non-hydrogen) atoms. The Morgan fingerprint density at radius 1 is 1.43 bits per heavy atom. The molecule has 17 heteroatoms. The Hall–Kier alpha value is -3.31. The lowest BCUT2D eigenvalue weighted by atomic mass is 10.0. The highest BCUT2D eigenvalue weighted by Crippen LogP contribution is 2.40. The van der Waals surface area contributed by atoms with Gasteiger partial charge < -0.3 is 31.2 Å². The Kier molecular flexibility index (Phi) is 7.91. The maximum atomic E-state index is 12.9. The van der Waals surface area contributed by atoms with E-state index in [1.165, 1.54) is 11.8 Å². The van der Waals surface area contributed by atoms with Crippen molar-refractivity contribution in [2.24, 2.45) is 10.9 Å². The number of aliphatic carboxylic acids is 1. The summed E-state index contributed by atoms with van der Waals surface area (Å²) >= 11 is 2.04. The number of β-lactam (4-membered cyclic amide) rings is 1. The topological polar surface area (TPSA) is 203 Å². The van der Waals surface area contributed by atoms with E-state index in [0.29, 0.717) is 12.1 Å². The quantitative estimate of drug-likeness (QED) is 0.112. The standard InChI is InChI=1S/C18H23FN8O6S2/c1-3-27(2,5-9(20)28)4-8-6-34-16-11(15(30)26(16)12(8)17(31)32)22-14(29)10(24-33-7-19)13-23-18(21)35-25-13/h11,16H,3-7H2,1-2H3,(H5-,20,21,22,23,25,28,29,31,32)/p+1/b24-10-/t11-,16-,27?/m1/s1. The van der Waals surface area contributed by atoms with Gasteiger partial charge >= 0.3 is 5.97 Å². The highest BCUT2D eigenvalue weighted by atomic mass is 32.2. The number of oxime groups is 1. The predicted octanol–water partition coefficient (Wildman–Crippen LogP) is -1.54. The van der Waals surface area contributed by atoms with Gasteiger partial charge in [-0.2, -0.15) is 9.36 Å². The number of aromatic nitrogens is 2. The summed E-state index contributed by atoms with van der Waals surface area (Å²) in [6, 6.07) is -1.08. The van der Waals surface area contributed by atoms with Crippen LogP contribution in [0.25, 0.3) is 0 Å². The number of primary amides is 1. The molecule has 3 atom stereocenters. The van der Waals surface area contributed by atoms with Gasteiger partial charge in [0.25, 0.3) is 24.6 Å². The molecule has 0 aromatic carbocycles. The number of hydrogen-bond donors (Lipinski definition) is 4. The van der Waals surface area contributed by atoms with E-state index < -0.39 is 47.7 Å². The predicted molar refractivity (Wildman–Crippen MR) is 123 cm³/mol. The number of amides is 3. The van der Waals surface area contributed by atoms with Gasteiger partial charge in [-0.3, -0.25) is 19.3 Å². The van der Waals surface area contributed by atoms with Crippen LogP contribution in [0, 0.1) is 0 Å². The number of carboxylic acid groups (broad SMARTS) is 1. The van der Waals surface area contributed by atoms with Gasteiger partial charge in [-0.25, -0.2) is 9.18 Å². The number of alkyl halides is 1. The summed E-state index contributed by atoms with van der Waals surface area (Å²) in [7, 11) is 1.77. The van der Waals surface area contributed by atoms with Crippen LogP contribution in [0.5, 0.6) is 0 Å². The summed E-state index contributed by atoms with van der Waals surface area (Å²) in [6.45, 7) is 1.26. The number of rotatable bonds is 11. The fraction of sp³-hybridized carbons (Fsp3) is 0.500. The monoisotopic (exact) mass is 531 g/mol. The average Bonchev–Trinajstić information content (AvgIpc) is 3.22. The fourth-order valence-electron chi connectivity index (χ4n) is 3.74. The van der Waals surface area contributed by atoms with Gasteiger partial charge in [0.2, 0.25) is 11.5 Å². The highest BCUT2D eigenvalue weighted by Gasteiger charge is 2.55. The summed E-state index contributed by atoms with van der Waals surface area (Å²) < 4.78 is 16.5. The number of hydrogen-bond acceptors (Lipinski definition) is 11. The number of likely N-dealkylation sites (N-methyl/N-ethyl adjacent to an activating group) is 1. The van der Waals surface area contributed by atoms with Crippen LogP contribution >= 0.6 is 23.3 Å². The molecule has 0 radical (unpaired) electrons. The molecule has 2 aliphatic heterocycles. The first-order valence-corrected chi connectivity index (χ1v) is 12.0. The highest BCUT2D eigenvalue weighted by molar-refractivity contribution is 8.00. The van der Waals surface area contributed by atoms with Gasteiger partial charge in [-0.05, 0) is 6.92 Å². The van der Waals surface area contributed by atoms with E-state index in [2.05, 4.69) is 24.7 Å². The maximum Gasteiger partial charge on any atom is 0.352 e. The van der Waals surface area contributed by atoms with Crippen molar-refractivity contribution in [1.29, 1.82) is 0 Å². The number of thioether (sulfide) groups is 1. The molecule has 2 aliphatic rings. The van der Waals surface area contributed by atoms with Gasteiger partial charge in [0.1, 0.15) is 23.7 Å². The van der Waals surface area contributed by atoms with E-state index in [-0.39, 0.29) is 40.0 Å². The van der Waals surface area contributed by atoms with Gasteiger partial charge in [-0.1, -0.05) is 5.16 Å². The third kappa shape index (κ3) is 5.51. The Morgan fingerprint density at radius 3 is 2.69 bits per heavy atom. The molecule has 0 spiro atoms. The van der Waals surface area contributed by atoms with Crippen molar-refractivity contribution in [2.75, 3.05) is 45.0 Å². The van der Waals surface area contributed by atoms with Crippen molar-refractivity contribution < 1.29 is 38.0 Å². The van der Waals surface area contributed by atoms with Gasteiger partial charge in [-0.15, -0.1) is 11.8 Å². The number of nitrogen functional groups attached to an aromatic ring is 1. The lowest BCUT2D eigenvalue weighted by Crippen LogP contribution is -2.71. The SMILES string of the molecule is CC[N+](C)(CC(N)=O)CC1=C(C(=O)O)N2C(=O)[C@@H](NC(=O)/C(=N\OCF)c3nsc(N)n3)[C@H]2SC1. The number of anilines is 1. The van der Waals surface area contributed by atoms with Gasteiger partial charge in [0, 0.05) is 22.9 Å². The van der Waals surface area contributed by atoms with E-state index in [1.807, 2.05) is 6.92 Å². The molecule has 1 unspecified atom stereocenters. The minimum absolute atomic E-state index is 0.00581. The summed E-state index contributed by atoms with van der Waals surface area (Å²) in [5, 5.41) is 15.0. The minimum atomic E-state index is -1.31. The van der Waals surface area contributed by atoms with Crippen molar-refractivity contribution in [3.8, 4) is 0 Å². The number of nitrogens with two attached hydrogens (primary N) is 2. The molecule has 1 saturated heterocycles. The van der Waals surface area contributed by atoms with Crippen molar-refractivity contribution in [3.05, 3.63) is 17.1 Å². The molecule has 3 amide bonds. The zero-order valence-electron chi connectivity index (χ0n) is 18.8. The number of quaternary nitrogens is 1. The van der Waals surface area contributed by atoms with Crippen LogP contribution in [-0.2, 0) is 24.0 Å². The van der Waals surface area contributed by atoms with E-state index in [1.54, 1.807) is 7.05 Å². The molecule has 1 aromatic heterocycles. The molecule has 190 valence electrons. The molecule has 0 saturated carbocycles. The van der Waals surface area contributed by atoms with E-state index in [9.17, 15) is 28.7 Å². The third-order valence-corrected chi connectivity index (χ3v) is 7.37. The second kappa shape index (κ2) is 10.5. The van der Waals surface area contributed by atoms with Crippen LogP contribution in [0.15, 0.2) is 16.4 Å². The van der Waals surface area contributed by atoms with E-state index in [4.69, 9.17) is 11.5 Å². The molecule has 6 N–H and O–H groups in total. The number of nitrogens with zero attached hydrogens (tertiary/aromatic N) is 5. The number of carbonyl (C=O) groups excluding carboxylic acids is 3. The van der Waals surface area contributed by atoms with Crippen LogP contribution in [-0.4, -0.2) is 104 Å². The van der Waals surface area contributed by atoms with Crippen molar-refractivity contribution in [3.63, 3.8) is 0 Å². The first-order chi connectivity index (χ1) is 16.5. The van der Waals surface area contributed by atoms with Crippen molar-refractivity contribution in [1.82, 2.24) is 19.6 Å². The number of fused-ring (bicyclic) bond motifs is 1. The Balaban J connectivity index is 1.81. The smallest absolute Gasteiger partial charge is 0.352 e. The molecule has 3 heterocycles. The molecular formula is C18H24FN8O6S2+. The van der Waals surface area contributed by atoms with Crippen LogP contribution in [0.2, 0.25) is 0 Å². The van der Waals surface area contributed by atoms with Crippen LogP contribution < -0.4 is 16.8 Å². The molecule has 0 aliphatic carbocycles. The zero-order chi connectivity index (χ0) is 25.9. The zero-order valence-corrected chi connectivity index (χ0v) is 20.4. The summed E-state index contributed by atoms with van der Waals surface area (Å²) in [5.41, 5.74) is 10.7. The number of carboxylic acids is 1. The van der Waals surface area contributed by atoms with Crippen LogP contribution in [0.4, 0.5) is 9.52 Å². The second-order valence-electron chi connectivity index (χ2n) is 7.97. The number of nitrogens with one attached hydrogen (secondary N) is 1. The van der Waals surface area contributed by atoms with E-state index >= 15 is 0 Å². The summed E-state index contributed by atoms with van der Waals surface area (Å²) in [4.78, 5) is 58.5. The van der Waals surface area contributed by atoms with Gasteiger partial charge in [0.05, 0.1) is 13.6 Å². The minimum Gasteiger partial charge on any atom is -0.477 e. The Labute approximate surface area is 206 Å². The summed E-state index contributed by atoms with van der Waals surface area (Å²) in [5.74, 6) is -3.35. The number of carbonyl (C=O) groups is 4. The first-order valence-electron chi connectivity index (χ1n) is 10.2. The maximum absolute atomic E-state index is 12.9. The molecule has 0 bridgehead atoms. The van der Waals surface area contributed by atoms with Crippen LogP contribution in [0.3, 0.4) is 0 Å². The first kappa shape index (κ1) is 26.3. The average molecular weight is 532 g/mol. The Morgan fingerprint density at radius 2 is 2.14 bits per heavy atom.